The molecule has 370 valence electrons. The van der Waals surface area contributed by atoms with Gasteiger partial charge in [-0.05, 0) is 54.9 Å². The van der Waals surface area contributed by atoms with Crippen molar-refractivity contribution in [1.29, 1.82) is 0 Å². The van der Waals surface area contributed by atoms with Crippen molar-refractivity contribution in [2.45, 2.75) is 94.4 Å². The van der Waals surface area contributed by atoms with Crippen LogP contribution in [0.3, 0.4) is 0 Å². The van der Waals surface area contributed by atoms with Crippen molar-refractivity contribution < 1.29 is 88.4 Å². The Morgan fingerprint density at radius 2 is 1.09 bits per heavy atom. The molecule has 24 nitrogen and oxygen atoms in total. The zero-order valence-corrected chi connectivity index (χ0v) is 38.4. The van der Waals surface area contributed by atoms with Gasteiger partial charge in [-0.3, -0.25) is 33.6 Å². The molecule has 0 aliphatic rings. The molecule has 0 aliphatic carbocycles. The first-order chi connectivity index (χ1) is 31.7. The van der Waals surface area contributed by atoms with Gasteiger partial charge in [0.2, 0.25) is 23.6 Å². The standard InChI is InChI=1S/C42H57IN6O18/c43-20-42(21-50,22-51)23-67-19-32(52)45-27(10-13-33(53)54)37(60)46-28(11-14-34(55)56)38(61)47-31(18-24-8-9-25-5-1-2-6-26(25)17-24)36(59)44-16-4-3-7-29(39(62)63)48-41(66)49-30(40(64)65)12-15-35(57)58/h1-2,5-6,8-9,17,27-31,50-51H,3-4,7,10-16,18-23H2,(H,44,59)(H,45,52)(H,46,60)(H,47,61)(H,53,54)(H,55,56)(H,57,58)(H,62,63)(H,64,65)(H2,48,49,66). The normalized spacial score (nSPS) is 13.4. The number of benzene rings is 2. The quantitative estimate of drug-likeness (QED) is 0.0240. The number of unbranched alkanes of at least 4 members (excludes halogenated alkanes) is 1. The SMILES string of the molecule is O=C(O)CCC(NC(=O)NC(CCCCNC(=O)C(Cc1ccc2ccccc2c1)NC(=O)C(CCC(=O)O)NC(=O)C(CCC(=O)O)NC(=O)COCC(CO)(CO)CI)C(=O)O)C(=O)O. The maximum Gasteiger partial charge on any atom is 0.326 e. The summed E-state index contributed by atoms with van der Waals surface area (Å²) in [6.45, 7) is -1.90. The van der Waals surface area contributed by atoms with Gasteiger partial charge < -0.3 is 72.4 Å². The number of halogens is 1. The van der Waals surface area contributed by atoms with Crippen molar-refractivity contribution in [2.75, 3.05) is 37.4 Å². The van der Waals surface area contributed by atoms with Crippen molar-refractivity contribution in [2.24, 2.45) is 5.41 Å². The molecule has 0 aromatic heterocycles. The molecule has 2 aromatic rings. The third-order valence-electron chi connectivity index (χ3n) is 10.1. The number of nitrogens with one attached hydrogen (secondary N) is 6. The predicted molar refractivity (Wildman–Crippen MR) is 242 cm³/mol. The molecule has 0 saturated carbocycles. The smallest absolute Gasteiger partial charge is 0.326 e. The van der Waals surface area contributed by atoms with Gasteiger partial charge in [0.15, 0.2) is 0 Å². The van der Waals surface area contributed by atoms with Crippen molar-refractivity contribution in [3.05, 3.63) is 48.0 Å². The number of carboxylic acids is 5. The van der Waals surface area contributed by atoms with Gasteiger partial charge in [-0.2, -0.15) is 0 Å². The number of carbonyl (C=O) groups is 10. The first kappa shape index (κ1) is 56.9. The van der Waals surface area contributed by atoms with Crippen molar-refractivity contribution in [1.82, 2.24) is 31.9 Å². The van der Waals surface area contributed by atoms with Crippen LogP contribution in [-0.4, -0.2) is 163 Å². The Bertz CT molecular complexity index is 2040. The minimum atomic E-state index is -1.63. The van der Waals surface area contributed by atoms with E-state index in [0.29, 0.717) is 5.56 Å². The summed E-state index contributed by atoms with van der Waals surface area (Å²) in [5.41, 5.74) is -0.482. The number of ether oxygens (including phenoxy) is 1. The minimum absolute atomic E-state index is 0.0787. The van der Waals surface area contributed by atoms with E-state index in [1.165, 1.54) is 0 Å². The van der Waals surface area contributed by atoms with Crippen LogP contribution in [0.5, 0.6) is 0 Å². The van der Waals surface area contributed by atoms with Gasteiger partial charge in [-0.25, -0.2) is 14.4 Å². The number of aliphatic hydroxyl groups is 2. The lowest BCUT2D eigenvalue weighted by Crippen LogP contribution is -2.57. The molecule has 0 fully saturated rings. The fourth-order valence-corrected chi connectivity index (χ4v) is 6.94. The number of hydrogen-bond acceptors (Lipinski definition) is 13. The number of alkyl halides is 1. The minimum Gasteiger partial charge on any atom is -0.481 e. The lowest BCUT2D eigenvalue weighted by Gasteiger charge is -2.27. The summed E-state index contributed by atoms with van der Waals surface area (Å²) < 4.78 is 5.61. The highest BCUT2D eigenvalue weighted by atomic mass is 127. The topological polar surface area (TPSA) is 394 Å². The molecule has 0 bridgehead atoms. The number of carbonyl (C=O) groups excluding carboxylic acids is 5. The van der Waals surface area contributed by atoms with Crippen LogP contribution in [0.15, 0.2) is 42.5 Å². The third kappa shape index (κ3) is 21.3. The molecule has 13 N–H and O–H groups in total. The highest BCUT2D eigenvalue weighted by molar-refractivity contribution is 14.1. The number of amides is 6. The van der Waals surface area contributed by atoms with Crippen LogP contribution in [0.25, 0.3) is 10.8 Å². The lowest BCUT2D eigenvalue weighted by atomic mass is 9.94. The molecule has 0 saturated heterocycles. The second-order valence-corrected chi connectivity index (χ2v) is 16.3. The Balaban J connectivity index is 2.24. The van der Waals surface area contributed by atoms with Gasteiger partial charge in [0.25, 0.3) is 0 Å². The Morgan fingerprint density at radius 3 is 1.61 bits per heavy atom. The number of aliphatic hydroxyl groups excluding tert-OH is 2. The zero-order valence-electron chi connectivity index (χ0n) is 36.2. The van der Waals surface area contributed by atoms with Crippen LogP contribution < -0.4 is 31.9 Å². The van der Waals surface area contributed by atoms with Crippen LogP contribution in [0.2, 0.25) is 0 Å². The van der Waals surface area contributed by atoms with Crippen LogP contribution in [0.1, 0.15) is 63.4 Å². The number of carboxylic acid groups (broad SMARTS) is 5. The van der Waals surface area contributed by atoms with Gasteiger partial charge in [0.05, 0.1) is 19.8 Å². The monoisotopic (exact) mass is 1060 g/mol. The number of hydrogen-bond donors (Lipinski definition) is 13. The van der Waals surface area contributed by atoms with E-state index in [4.69, 9.17) is 9.84 Å². The summed E-state index contributed by atoms with van der Waals surface area (Å²) in [7, 11) is 0. The summed E-state index contributed by atoms with van der Waals surface area (Å²) in [5, 5.41) is 81.6. The van der Waals surface area contributed by atoms with Crippen molar-refractivity contribution >= 4 is 92.9 Å². The lowest BCUT2D eigenvalue weighted by molar-refractivity contribution is -0.141. The first-order valence-electron chi connectivity index (χ1n) is 20.9. The van der Waals surface area contributed by atoms with Gasteiger partial charge in [-0.1, -0.05) is 65.1 Å². The van der Waals surface area contributed by atoms with Crippen LogP contribution in [0, 0.1) is 5.41 Å². The third-order valence-corrected chi connectivity index (χ3v) is 11.8. The molecule has 25 heteroatoms. The second kappa shape index (κ2) is 29.4. The van der Waals surface area contributed by atoms with E-state index < -0.39 is 153 Å². The summed E-state index contributed by atoms with van der Waals surface area (Å²) in [4.78, 5) is 124. The van der Waals surface area contributed by atoms with Crippen molar-refractivity contribution in [3.63, 3.8) is 0 Å². The molecule has 67 heavy (non-hydrogen) atoms. The van der Waals surface area contributed by atoms with Gasteiger partial charge in [0, 0.05) is 42.1 Å². The number of urea groups is 1. The average molecular weight is 1060 g/mol. The molecule has 0 radical (unpaired) electrons. The Kier molecular flexibility index (Phi) is 25.0. The number of rotatable bonds is 33. The molecule has 0 spiro atoms. The number of aliphatic carboxylic acids is 5. The van der Waals surface area contributed by atoms with E-state index in [2.05, 4.69) is 26.6 Å². The summed E-state index contributed by atoms with van der Waals surface area (Å²) in [6, 6.07) is 3.77. The summed E-state index contributed by atoms with van der Waals surface area (Å²) in [6.07, 6.45) is -3.32. The molecule has 5 atom stereocenters. The van der Waals surface area contributed by atoms with E-state index in [1.807, 2.05) is 46.1 Å². The maximum absolute atomic E-state index is 13.9. The molecule has 5 unspecified atom stereocenters. The Labute approximate surface area is 397 Å². The molecular weight excluding hydrogens is 1000 g/mol. The predicted octanol–water partition coefficient (Wildman–Crippen LogP) is -0.654. The van der Waals surface area contributed by atoms with Crippen LogP contribution in [-0.2, 0) is 54.3 Å². The fourth-order valence-electron chi connectivity index (χ4n) is 6.24. The molecule has 6 amide bonds. The largest absolute Gasteiger partial charge is 0.481 e. The van der Waals surface area contributed by atoms with E-state index in [-0.39, 0.29) is 43.3 Å². The molecule has 2 aromatic carbocycles. The molecule has 0 heterocycles. The van der Waals surface area contributed by atoms with Gasteiger partial charge >= 0.3 is 35.9 Å². The highest BCUT2D eigenvalue weighted by Crippen LogP contribution is 2.20. The summed E-state index contributed by atoms with van der Waals surface area (Å²) >= 11 is 1.92. The Hall–Kier alpha value is -6.19. The molecule has 0 aliphatic heterocycles. The Morgan fingerprint density at radius 1 is 0.582 bits per heavy atom. The average Bonchev–Trinajstić information content (AvgIpc) is 3.28. The number of fused-ring (bicyclic) bond motifs is 1. The van der Waals surface area contributed by atoms with Crippen LogP contribution >= 0.6 is 22.6 Å². The van der Waals surface area contributed by atoms with Gasteiger partial charge in [0.1, 0.15) is 36.8 Å². The highest BCUT2D eigenvalue weighted by Gasteiger charge is 2.32. The van der Waals surface area contributed by atoms with E-state index in [1.54, 1.807) is 24.3 Å². The van der Waals surface area contributed by atoms with Gasteiger partial charge in [-0.15, -0.1) is 0 Å². The van der Waals surface area contributed by atoms with E-state index in [0.717, 1.165) is 10.8 Å². The van der Waals surface area contributed by atoms with E-state index >= 15 is 0 Å². The van der Waals surface area contributed by atoms with Crippen LogP contribution in [0.4, 0.5) is 4.79 Å². The first-order valence-corrected chi connectivity index (χ1v) is 22.4. The zero-order chi connectivity index (χ0) is 50.1. The van der Waals surface area contributed by atoms with E-state index in [9.17, 15) is 78.6 Å². The summed E-state index contributed by atoms with van der Waals surface area (Å²) in [5.74, 6) is -10.7. The second-order valence-electron chi connectivity index (χ2n) is 15.6. The molecular formula is C42H57IN6O18. The van der Waals surface area contributed by atoms with Crippen molar-refractivity contribution in [3.8, 4) is 0 Å². The molecule has 2 rings (SSSR count). The fraction of sp³-hybridized carbons (Fsp3) is 0.524. The maximum atomic E-state index is 13.9.